The molecule has 0 amide bonds. The van der Waals surface area contributed by atoms with Gasteiger partial charge in [-0.3, -0.25) is 0 Å². The van der Waals surface area contributed by atoms with E-state index in [-0.39, 0.29) is 12.4 Å². The highest BCUT2D eigenvalue weighted by atomic mass is 35.5. The quantitative estimate of drug-likeness (QED) is 0.509. The lowest BCUT2D eigenvalue weighted by Crippen LogP contribution is -1.85. The molecule has 1 unspecified atom stereocenters. The molecule has 1 rings (SSSR count). The number of benzene rings is 1. The van der Waals surface area contributed by atoms with Gasteiger partial charge in [0.25, 0.3) is 0 Å². The molecule has 0 aromatic heterocycles. The molecule has 0 radical (unpaired) electrons. The Balaban J connectivity index is 0.000000640. The summed E-state index contributed by atoms with van der Waals surface area (Å²) in [7, 11) is 2.65. The van der Waals surface area contributed by atoms with Gasteiger partial charge >= 0.3 is 0 Å². The first kappa shape index (κ1) is 8.94. The van der Waals surface area contributed by atoms with Crippen molar-refractivity contribution < 1.29 is 0 Å². The summed E-state index contributed by atoms with van der Waals surface area (Å²) in [6, 6.07) is 8.37. The van der Waals surface area contributed by atoms with Crippen molar-refractivity contribution in [1.82, 2.24) is 0 Å². The summed E-state index contributed by atoms with van der Waals surface area (Å²) in [4.78, 5) is 0. The number of hydrogen-bond acceptors (Lipinski definition) is 0. The zero-order valence-electron chi connectivity index (χ0n) is 5.29. The maximum absolute atomic E-state index is 2.65. The van der Waals surface area contributed by atoms with Crippen molar-refractivity contribution in [2.45, 2.75) is 6.92 Å². The maximum Gasteiger partial charge on any atom is -0.0302 e. The van der Waals surface area contributed by atoms with Gasteiger partial charge in [0.1, 0.15) is 0 Å². The normalized spacial score (nSPS) is 8.22. The third kappa shape index (κ3) is 2.84. The minimum Gasteiger partial charge on any atom is -0.147 e. The molecule has 0 aliphatic rings. The van der Waals surface area contributed by atoms with Gasteiger partial charge in [-0.25, -0.2) is 0 Å². The van der Waals surface area contributed by atoms with Crippen LogP contribution in [0.2, 0.25) is 0 Å². The van der Waals surface area contributed by atoms with Crippen LogP contribution in [0.15, 0.2) is 24.3 Å². The van der Waals surface area contributed by atoms with Crippen molar-refractivity contribution >= 4 is 27.0 Å². The van der Waals surface area contributed by atoms with Crippen LogP contribution >= 0.6 is 21.6 Å². The molecule has 0 nitrogen and oxygen atoms in total. The van der Waals surface area contributed by atoms with Gasteiger partial charge in [-0.1, -0.05) is 29.8 Å². The van der Waals surface area contributed by atoms with E-state index in [0.29, 0.717) is 0 Å². The molecule has 0 heterocycles. The standard InChI is InChI=1S/C7H9P.ClH/c1-6-2-4-7(8)5-3-6;/h2-5H,8H2,1H3;1H. The predicted octanol–water partition coefficient (Wildman–Crippen LogP) is 1.92. The fourth-order valence-electron chi connectivity index (χ4n) is 0.566. The van der Waals surface area contributed by atoms with Gasteiger partial charge in [-0.2, -0.15) is 0 Å². The zero-order valence-corrected chi connectivity index (χ0v) is 7.27. The molecule has 0 aliphatic heterocycles. The average molecular weight is 161 g/mol. The first-order valence-corrected chi connectivity index (χ1v) is 3.19. The first-order valence-electron chi connectivity index (χ1n) is 2.61. The van der Waals surface area contributed by atoms with Gasteiger partial charge in [0.2, 0.25) is 0 Å². The Labute approximate surface area is 64.3 Å². The van der Waals surface area contributed by atoms with E-state index in [2.05, 4.69) is 40.4 Å². The third-order valence-corrected chi connectivity index (χ3v) is 1.46. The molecule has 2 heteroatoms. The van der Waals surface area contributed by atoms with Gasteiger partial charge in [-0.15, -0.1) is 21.6 Å². The van der Waals surface area contributed by atoms with Crippen molar-refractivity contribution in [3.8, 4) is 0 Å². The number of rotatable bonds is 0. The Morgan fingerprint density at radius 3 is 1.89 bits per heavy atom. The molecule has 1 atom stereocenters. The SMILES string of the molecule is Cc1ccc(P)cc1.Cl. The van der Waals surface area contributed by atoms with Crippen molar-refractivity contribution in [3.63, 3.8) is 0 Å². The smallest absolute Gasteiger partial charge is 0.0302 e. The van der Waals surface area contributed by atoms with E-state index < -0.39 is 0 Å². The topological polar surface area (TPSA) is 0 Å². The Morgan fingerprint density at radius 1 is 1.11 bits per heavy atom. The summed E-state index contributed by atoms with van der Waals surface area (Å²) in [5.74, 6) is 0. The molecule has 1 aromatic carbocycles. The Hall–Kier alpha value is -0.0600. The minimum absolute atomic E-state index is 0. The van der Waals surface area contributed by atoms with E-state index in [0.717, 1.165) is 0 Å². The molecule has 0 saturated heterocycles. The largest absolute Gasteiger partial charge is 0.147 e. The molecular weight excluding hydrogens is 151 g/mol. The second kappa shape index (κ2) is 3.87. The second-order valence-corrected chi connectivity index (χ2v) is 2.58. The highest BCUT2D eigenvalue weighted by Gasteiger charge is 1.79. The number of hydrogen-bond donors (Lipinski definition) is 0. The second-order valence-electron chi connectivity index (χ2n) is 1.91. The molecular formula is C7H10ClP. The van der Waals surface area contributed by atoms with E-state index in [4.69, 9.17) is 0 Å². The minimum atomic E-state index is 0. The van der Waals surface area contributed by atoms with Crippen LogP contribution in [0.5, 0.6) is 0 Å². The van der Waals surface area contributed by atoms with Crippen LogP contribution in [0.3, 0.4) is 0 Å². The molecule has 1 aromatic rings. The van der Waals surface area contributed by atoms with Gasteiger partial charge < -0.3 is 0 Å². The molecule has 0 spiro atoms. The molecule has 0 fully saturated rings. The van der Waals surface area contributed by atoms with Crippen molar-refractivity contribution in [2.24, 2.45) is 0 Å². The lowest BCUT2D eigenvalue weighted by molar-refractivity contribution is 1.49. The molecule has 50 valence electrons. The fourth-order valence-corrected chi connectivity index (χ4v) is 0.759. The summed E-state index contributed by atoms with van der Waals surface area (Å²) in [6.07, 6.45) is 0. The number of halogens is 1. The third-order valence-electron chi connectivity index (χ3n) is 1.08. The van der Waals surface area contributed by atoms with E-state index in [1.54, 1.807) is 0 Å². The Morgan fingerprint density at radius 2 is 1.56 bits per heavy atom. The molecule has 0 bridgehead atoms. The van der Waals surface area contributed by atoms with E-state index in [1.807, 2.05) is 0 Å². The van der Waals surface area contributed by atoms with E-state index in [9.17, 15) is 0 Å². The number of aryl methyl sites for hydroxylation is 1. The van der Waals surface area contributed by atoms with Crippen LogP contribution in [0.1, 0.15) is 5.56 Å². The molecule has 0 N–H and O–H groups in total. The van der Waals surface area contributed by atoms with Crippen molar-refractivity contribution in [1.29, 1.82) is 0 Å². The molecule has 9 heavy (non-hydrogen) atoms. The van der Waals surface area contributed by atoms with Gasteiger partial charge in [0.05, 0.1) is 0 Å². The monoisotopic (exact) mass is 160 g/mol. The van der Waals surface area contributed by atoms with Crippen LogP contribution in [-0.2, 0) is 0 Å². The fraction of sp³-hybridized carbons (Fsp3) is 0.143. The Kier molecular flexibility index (Phi) is 3.84. The van der Waals surface area contributed by atoms with Crippen molar-refractivity contribution in [2.75, 3.05) is 0 Å². The summed E-state index contributed by atoms with van der Waals surface area (Å²) >= 11 is 0. The summed E-state index contributed by atoms with van der Waals surface area (Å²) in [6.45, 7) is 2.09. The first-order chi connectivity index (χ1) is 3.79. The summed E-state index contributed by atoms with van der Waals surface area (Å²) in [5.41, 5.74) is 1.32. The lowest BCUT2D eigenvalue weighted by Gasteiger charge is -1.89. The average Bonchev–Trinajstić information content (AvgIpc) is 1.77. The van der Waals surface area contributed by atoms with Crippen LogP contribution in [0.4, 0.5) is 0 Å². The van der Waals surface area contributed by atoms with Crippen LogP contribution in [0.25, 0.3) is 0 Å². The summed E-state index contributed by atoms with van der Waals surface area (Å²) < 4.78 is 0. The molecule has 0 aliphatic carbocycles. The lowest BCUT2D eigenvalue weighted by atomic mass is 10.2. The van der Waals surface area contributed by atoms with Crippen LogP contribution < -0.4 is 5.30 Å². The van der Waals surface area contributed by atoms with Gasteiger partial charge in [0.15, 0.2) is 0 Å². The maximum atomic E-state index is 2.65. The van der Waals surface area contributed by atoms with Crippen molar-refractivity contribution in [3.05, 3.63) is 29.8 Å². The Bertz CT molecular complexity index is 148. The van der Waals surface area contributed by atoms with Gasteiger partial charge in [0, 0.05) is 0 Å². The zero-order chi connectivity index (χ0) is 5.98. The molecule has 0 saturated carbocycles. The summed E-state index contributed by atoms with van der Waals surface area (Å²) in [5, 5.41) is 1.25. The highest BCUT2D eigenvalue weighted by Crippen LogP contribution is 1.94. The van der Waals surface area contributed by atoms with Gasteiger partial charge in [-0.05, 0) is 12.2 Å². The van der Waals surface area contributed by atoms with Crippen LogP contribution in [0, 0.1) is 6.92 Å². The van der Waals surface area contributed by atoms with E-state index in [1.165, 1.54) is 10.9 Å². The predicted molar refractivity (Wildman–Crippen MR) is 47.8 cm³/mol. The van der Waals surface area contributed by atoms with E-state index >= 15 is 0 Å². The van der Waals surface area contributed by atoms with Crippen LogP contribution in [-0.4, -0.2) is 0 Å². The highest BCUT2D eigenvalue weighted by molar-refractivity contribution is 7.27.